The Morgan fingerprint density at radius 1 is 1.47 bits per heavy atom. The quantitative estimate of drug-likeness (QED) is 0.830. The number of thiophene rings is 1. The van der Waals surface area contributed by atoms with E-state index in [1.807, 2.05) is 6.07 Å². The van der Waals surface area contributed by atoms with Crippen LogP contribution in [-0.4, -0.2) is 11.7 Å². The van der Waals surface area contributed by atoms with Gasteiger partial charge in [-0.2, -0.15) is 0 Å². The molecule has 3 heteroatoms. The van der Waals surface area contributed by atoms with Gasteiger partial charge in [-0.15, -0.1) is 11.3 Å². The Labute approximate surface area is 95.1 Å². The number of hydrogen-bond acceptors (Lipinski definition) is 3. The van der Waals surface area contributed by atoms with Crippen molar-refractivity contribution in [1.29, 1.82) is 0 Å². The highest BCUT2D eigenvalue weighted by Crippen LogP contribution is 2.47. The van der Waals surface area contributed by atoms with E-state index in [1.165, 1.54) is 17.7 Å². The molecule has 3 N–H and O–H groups in total. The number of hydrogen-bond donors (Lipinski definition) is 2. The fourth-order valence-corrected chi connectivity index (χ4v) is 3.58. The molecule has 84 valence electrons. The van der Waals surface area contributed by atoms with Crippen LogP contribution >= 0.6 is 11.3 Å². The van der Waals surface area contributed by atoms with E-state index in [2.05, 4.69) is 13.0 Å². The molecule has 0 bridgehead atoms. The van der Waals surface area contributed by atoms with Gasteiger partial charge in [-0.05, 0) is 31.9 Å². The second kappa shape index (κ2) is 4.24. The first kappa shape index (κ1) is 11.1. The number of rotatable bonds is 3. The van der Waals surface area contributed by atoms with E-state index in [4.69, 9.17) is 5.73 Å². The molecule has 1 heterocycles. The van der Waals surface area contributed by atoms with Crippen molar-refractivity contribution < 1.29 is 5.11 Å². The van der Waals surface area contributed by atoms with Gasteiger partial charge < -0.3 is 10.8 Å². The average molecular weight is 225 g/mol. The van der Waals surface area contributed by atoms with Gasteiger partial charge in [0.05, 0.1) is 6.10 Å². The first-order valence-corrected chi connectivity index (χ1v) is 6.44. The maximum absolute atomic E-state index is 10.4. The Balaban J connectivity index is 2.21. The van der Waals surface area contributed by atoms with Gasteiger partial charge in [-0.3, -0.25) is 0 Å². The fourth-order valence-electron chi connectivity index (χ4n) is 2.57. The molecule has 2 nitrogen and oxygen atoms in total. The van der Waals surface area contributed by atoms with Gasteiger partial charge in [-0.1, -0.05) is 12.8 Å². The van der Waals surface area contributed by atoms with Crippen molar-refractivity contribution in [2.45, 2.75) is 38.7 Å². The lowest BCUT2D eigenvalue weighted by molar-refractivity contribution is 0.0362. The highest BCUT2D eigenvalue weighted by atomic mass is 32.1. The third-order valence-electron chi connectivity index (χ3n) is 3.62. The summed E-state index contributed by atoms with van der Waals surface area (Å²) in [5, 5.41) is 10.4. The fraction of sp³-hybridized carbons (Fsp3) is 0.667. The van der Waals surface area contributed by atoms with Gasteiger partial charge in [0.25, 0.3) is 0 Å². The second-order valence-corrected chi connectivity index (χ2v) is 5.94. The third kappa shape index (κ3) is 1.96. The molecule has 1 saturated carbocycles. The Morgan fingerprint density at radius 2 is 2.13 bits per heavy atom. The summed E-state index contributed by atoms with van der Waals surface area (Å²) >= 11 is 1.69. The van der Waals surface area contributed by atoms with Crippen molar-refractivity contribution in [3.63, 3.8) is 0 Å². The van der Waals surface area contributed by atoms with Crippen LogP contribution in [0.1, 0.15) is 41.5 Å². The Hall–Kier alpha value is -0.380. The van der Waals surface area contributed by atoms with E-state index in [1.54, 1.807) is 11.3 Å². The van der Waals surface area contributed by atoms with E-state index in [0.717, 1.165) is 17.7 Å². The molecule has 1 aromatic heterocycles. The van der Waals surface area contributed by atoms with Crippen LogP contribution in [0.4, 0.5) is 0 Å². The van der Waals surface area contributed by atoms with E-state index < -0.39 is 0 Å². The largest absolute Gasteiger partial charge is 0.387 e. The molecule has 1 aliphatic rings. The van der Waals surface area contributed by atoms with E-state index >= 15 is 0 Å². The average Bonchev–Trinajstić information content (AvgIpc) is 2.86. The second-order valence-electron chi connectivity index (χ2n) is 4.62. The normalized spacial score (nSPS) is 21.8. The summed E-state index contributed by atoms with van der Waals surface area (Å²) in [5.74, 6) is 0. The number of aliphatic hydroxyl groups excluding tert-OH is 1. The predicted octanol–water partition coefficient (Wildman–Crippen LogP) is 2.61. The van der Waals surface area contributed by atoms with Gasteiger partial charge in [0.1, 0.15) is 0 Å². The maximum Gasteiger partial charge on any atom is 0.0950 e. The number of nitrogens with two attached hydrogens (primary N) is 1. The lowest BCUT2D eigenvalue weighted by atomic mass is 9.80. The van der Waals surface area contributed by atoms with Crippen molar-refractivity contribution in [1.82, 2.24) is 0 Å². The van der Waals surface area contributed by atoms with Crippen LogP contribution in [0, 0.1) is 12.3 Å². The molecule has 2 rings (SSSR count). The van der Waals surface area contributed by atoms with Crippen LogP contribution < -0.4 is 5.73 Å². The summed E-state index contributed by atoms with van der Waals surface area (Å²) in [7, 11) is 0. The molecule has 0 spiro atoms. The summed E-state index contributed by atoms with van der Waals surface area (Å²) < 4.78 is 0. The molecule has 1 aromatic rings. The van der Waals surface area contributed by atoms with Crippen LogP contribution in [0.15, 0.2) is 12.1 Å². The van der Waals surface area contributed by atoms with E-state index in [9.17, 15) is 5.11 Å². The molecule has 1 atom stereocenters. The lowest BCUT2D eigenvalue weighted by Crippen LogP contribution is -2.33. The summed E-state index contributed by atoms with van der Waals surface area (Å²) in [6.45, 7) is 2.68. The Bertz CT molecular complexity index is 328. The summed E-state index contributed by atoms with van der Waals surface area (Å²) in [6, 6.07) is 4.11. The molecular weight excluding hydrogens is 206 g/mol. The van der Waals surface area contributed by atoms with Gasteiger partial charge in [-0.25, -0.2) is 0 Å². The molecule has 0 saturated heterocycles. The minimum absolute atomic E-state index is 0.0444. The van der Waals surface area contributed by atoms with Crippen molar-refractivity contribution >= 4 is 11.3 Å². The Morgan fingerprint density at radius 3 is 2.60 bits per heavy atom. The molecule has 0 aromatic carbocycles. The first-order valence-electron chi connectivity index (χ1n) is 5.62. The zero-order chi connectivity index (χ0) is 10.9. The third-order valence-corrected chi connectivity index (χ3v) is 4.67. The van der Waals surface area contributed by atoms with Crippen molar-refractivity contribution in [2.24, 2.45) is 11.1 Å². The maximum atomic E-state index is 10.4. The van der Waals surface area contributed by atoms with E-state index in [-0.39, 0.29) is 11.5 Å². The van der Waals surface area contributed by atoms with Crippen LogP contribution in [-0.2, 0) is 0 Å². The van der Waals surface area contributed by atoms with Crippen LogP contribution in [0.25, 0.3) is 0 Å². The first-order chi connectivity index (χ1) is 7.18. The van der Waals surface area contributed by atoms with Gasteiger partial charge in [0.15, 0.2) is 0 Å². The highest BCUT2D eigenvalue weighted by Gasteiger charge is 2.40. The molecule has 1 aliphatic carbocycles. The summed E-state index contributed by atoms with van der Waals surface area (Å²) in [5.41, 5.74) is 5.81. The molecule has 0 radical (unpaired) electrons. The van der Waals surface area contributed by atoms with Crippen molar-refractivity contribution in [3.05, 3.63) is 21.9 Å². The van der Waals surface area contributed by atoms with Gasteiger partial charge in [0.2, 0.25) is 0 Å². The van der Waals surface area contributed by atoms with Crippen LogP contribution in [0.5, 0.6) is 0 Å². The SMILES string of the molecule is Cc1ccc(C(O)C2(CN)CCCC2)s1. The molecule has 15 heavy (non-hydrogen) atoms. The molecule has 1 unspecified atom stereocenters. The predicted molar refractivity (Wildman–Crippen MR) is 64.0 cm³/mol. The summed E-state index contributed by atoms with van der Waals surface area (Å²) in [6.07, 6.45) is 4.20. The highest BCUT2D eigenvalue weighted by molar-refractivity contribution is 7.12. The lowest BCUT2D eigenvalue weighted by Gasteiger charge is -2.32. The van der Waals surface area contributed by atoms with Crippen LogP contribution in [0.2, 0.25) is 0 Å². The topological polar surface area (TPSA) is 46.2 Å². The zero-order valence-electron chi connectivity index (χ0n) is 9.20. The van der Waals surface area contributed by atoms with Crippen molar-refractivity contribution in [3.8, 4) is 0 Å². The molecule has 0 amide bonds. The standard InChI is InChI=1S/C12H19NOS/c1-9-4-5-10(15-9)11(14)12(8-13)6-2-3-7-12/h4-5,11,14H,2-3,6-8,13H2,1H3. The number of aryl methyl sites for hydroxylation is 1. The van der Waals surface area contributed by atoms with Gasteiger partial charge in [0, 0.05) is 21.7 Å². The smallest absolute Gasteiger partial charge is 0.0950 e. The summed E-state index contributed by atoms with van der Waals surface area (Å²) in [4.78, 5) is 2.34. The monoisotopic (exact) mass is 225 g/mol. The zero-order valence-corrected chi connectivity index (χ0v) is 10.0. The minimum atomic E-state index is -0.358. The Kier molecular flexibility index (Phi) is 3.14. The van der Waals surface area contributed by atoms with E-state index in [0.29, 0.717) is 6.54 Å². The van der Waals surface area contributed by atoms with Crippen LogP contribution in [0.3, 0.4) is 0 Å². The minimum Gasteiger partial charge on any atom is -0.387 e. The molecule has 0 aliphatic heterocycles. The molecule has 1 fully saturated rings. The molecular formula is C12H19NOS. The van der Waals surface area contributed by atoms with Crippen molar-refractivity contribution in [2.75, 3.05) is 6.54 Å². The van der Waals surface area contributed by atoms with Gasteiger partial charge >= 0.3 is 0 Å². The number of aliphatic hydroxyl groups is 1.